The van der Waals surface area contributed by atoms with Crippen LogP contribution in [0.25, 0.3) is 0 Å². The number of H-pyrrole nitrogens is 1. The van der Waals surface area contributed by atoms with Crippen LogP contribution in [0, 0.1) is 0 Å². The van der Waals surface area contributed by atoms with Gasteiger partial charge in [0.15, 0.2) is 6.23 Å². The highest BCUT2D eigenvalue weighted by Gasteiger charge is 2.54. The highest BCUT2D eigenvalue weighted by atomic mass is 32.5. The van der Waals surface area contributed by atoms with Gasteiger partial charge in [0, 0.05) is 12.3 Å². The molecule has 1 saturated heterocycles. The van der Waals surface area contributed by atoms with E-state index in [0.29, 0.717) is 12.2 Å². The molecule has 2 heterocycles. The van der Waals surface area contributed by atoms with Crippen molar-refractivity contribution in [1.29, 1.82) is 0 Å². The number of nitrogens with one attached hydrogen (secondary N) is 2. The first-order valence-corrected chi connectivity index (χ1v) is 14.3. The Morgan fingerprint density at radius 3 is 2.57 bits per heavy atom. The quantitative estimate of drug-likeness (QED) is 0.232. The molecule has 0 spiro atoms. The first kappa shape index (κ1) is 29.2. The third-order valence-electron chi connectivity index (χ3n) is 5.59. The number of benzene rings is 1. The molecule has 0 saturated carbocycles. The number of rotatable bonds is 11. The summed E-state index contributed by atoms with van der Waals surface area (Å²) in [6.45, 7) is 2.73. The number of esters is 1. The van der Waals surface area contributed by atoms with E-state index in [4.69, 9.17) is 30.3 Å². The molecule has 6 atom stereocenters. The fourth-order valence-corrected chi connectivity index (χ4v) is 6.10. The second kappa shape index (κ2) is 12.0. The van der Waals surface area contributed by atoms with Gasteiger partial charge in [-0.1, -0.05) is 25.1 Å². The molecule has 0 bridgehead atoms. The van der Waals surface area contributed by atoms with Gasteiger partial charge in [0.2, 0.25) is 0 Å². The van der Waals surface area contributed by atoms with Crippen molar-refractivity contribution < 1.29 is 33.5 Å². The number of ether oxygens (including phenoxy) is 2. The Bertz CT molecular complexity index is 1230. The van der Waals surface area contributed by atoms with Crippen LogP contribution in [-0.4, -0.2) is 62.3 Å². The van der Waals surface area contributed by atoms with Crippen molar-refractivity contribution in [3.63, 3.8) is 0 Å². The summed E-state index contributed by atoms with van der Waals surface area (Å²) in [5, 5.41) is 24.7. The molecule has 1 aliphatic rings. The topological polar surface area (TPSA) is 161 Å². The van der Waals surface area contributed by atoms with Crippen molar-refractivity contribution in [2.45, 2.75) is 70.3 Å². The van der Waals surface area contributed by atoms with Gasteiger partial charge in [-0.15, -0.1) is 0 Å². The van der Waals surface area contributed by atoms with Crippen LogP contribution in [0.1, 0.15) is 40.3 Å². The molecule has 2 aromatic rings. The third-order valence-corrected chi connectivity index (χ3v) is 8.02. The molecule has 0 aliphatic carbocycles. The van der Waals surface area contributed by atoms with Gasteiger partial charge >= 0.3 is 18.3 Å². The summed E-state index contributed by atoms with van der Waals surface area (Å²) in [6.07, 6.45) is -2.80. The number of aliphatic hydroxyl groups is 2. The molecule has 0 radical (unpaired) electrons. The Balaban J connectivity index is 1.82. The average molecular weight is 558 g/mol. The standard InChI is InChI=1S/C23H32N3O9PS/c1-5-16(20(29)33-14(2)3)25-36(37,35-15-9-7-6-8-10-15)32-13-17-19(28)23(4,31)21(34-17)26-12-11-18(27)24-22(26)30/h6-12,14,16-17,19,21,28,31H,5,13H2,1-4H3,(H,25,37)(H,24,27,30)/t16-,17+,19+,21+,23+,36?/m0/s1. The summed E-state index contributed by atoms with van der Waals surface area (Å²) in [4.78, 5) is 38.4. The Kier molecular flexibility index (Phi) is 9.46. The Hall–Kier alpha value is -2.38. The molecule has 4 N–H and O–H groups in total. The Morgan fingerprint density at radius 2 is 1.97 bits per heavy atom. The lowest BCUT2D eigenvalue weighted by Crippen LogP contribution is -2.47. The Labute approximate surface area is 218 Å². The number of carbonyl (C=O) groups excluding carboxylic acids is 1. The minimum Gasteiger partial charge on any atom is -0.462 e. The molecular weight excluding hydrogens is 525 g/mol. The second-order valence-electron chi connectivity index (χ2n) is 8.99. The van der Waals surface area contributed by atoms with Crippen LogP contribution in [0.2, 0.25) is 0 Å². The van der Waals surface area contributed by atoms with Crippen molar-refractivity contribution in [3.8, 4) is 5.75 Å². The zero-order chi connectivity index (χ0) is 27.4. The predicted molar refractivity (Wildman–Crippen MR) is 138 cm³/mol. The number of nitrogens with zero attached hydrogens (tertiary/aromatic N) is 1. The lowest BCUT2D eigenvalue weighted by Gasteiger charge is -2.29. The van der Waals surface area contributed by atoms with Gasteiger partial charge < -0.3 is 28.7 Å². The minimum atomic E-state index is -3.45. The molecule has 14 heteroatoms. The molecule has 12 nitrogen and oxygen atoms in total. The van der Waals surface area contributed by atoms with Gasteiger partial charge in [0.1, 0.15) is 29.6 Å². The Morgan fingerprint density at radius 1 is 1.30 bits per heavy atom. The number of para-hydroxylation sites is 1. The number of aromatic nitrogens is 2. The second-order valence-corrected chi connectivity index (χ2v) is 12.1. The SMILES string of the molecule is CC[C@H](NP(=S)(OC[C@H]1O[C@@H](n2ccc(=O)[nH]c2=O)[C@](C)(O)[C@@H]1O)Oc1ccccc1)C(=O)OC(C)C. The molecular formula is C23H32N3O9PS. The average Bonchev–Trinajstić information content (AvgIpc) is 3.05. The van der Waals surface area contributed by atoms with Crippen LogP contribution >= 0.6 is 6.64 Å². The fourth-order valence-electron chi connectivity index (χ4n) is 3.69. The zero-order valence-corrected chi connectivity index (χ0v) is 22.6. The third kappa shape index (κ3) is 7.14. The predicted octanol–water partition coefficient (Wildman–Crippen LogP) is 1.19. The molecule has 1 aromatic carbocycles. The lowest BCUT2D eigenvalue weighted by atomic mass is 9.96. The number of aliphatic hydroxyl groups excluding tert-OH is 1. The smallest absolute Gasteiger partial charge is 0.330 e. The van der Waals surface area contributed by atoms with Crippen molar-refractivity contribution in [1.82, 2.24) is 14.6 Å². The monoisotopic (exact) mass is 557 g/mol. The normalized spacial score (nSPS) is 26.0. The van der Waals surface area contributed by atoms with Crippen molar-refractivity contribution >= 4 is 24.4 Å². The first-order valence-electron chi connectivity index (χ1n) is 11.7. The maximum Gasteiger partial charge on any atom is 0.330 e. The van der Waals surface area contributed by atoms with E-state index in [9.17, 15) is 24.6 Å². The van der Waals surface area contributed by atoms with Gasteiger partial charge in [0.25, 0.3) is 5.56 Å². The van der Waals surface area contributed by atoms with Gasteiger partial charge in [-0.2, -0.15) is 0 Å². The summed E-state index contributed by atoms with van der Waals surface area (Å²) in [7, 11) is 0. The summed E-state index contributed by atoms with van der Waals surface area (Å²) in [6, 6.07) is 8.88. The number of hydrogen-bond acceptors (Lipinski definition) is 10. The van der Waals surface area contributed by atoms with Gasteiger partial charge in [-0.05, 0) is 51.1 Å². The van der Waals surface area contributed by atoms with Crippen molar-refractivity contribution in [2.24, 2.45) is 0 Å². The van der Waals surface area contributed by atoms with Crippen LogP contribution in [0.5, 0.6) is 5.75 Å². The van der Waals surface area contributed by atoms with E-state index in [2.05, 4.69) is 10.1 Å². The van der Waals surface area contributed by atoms with E-state index in [0.717, 1.165) is 16.8 Å². The van der Waals surface area contributed by atoms with Gasteiger partial charge in [0.05, 0.1) is 12.7 Å². The molecule has 1 aromatic heterocycles. The van der Waals surface area contributed by atoms with E-state index in [-0.39, 0.29) is 12.7 Å². The van der Waals surface area contributed by atoms with Crippen LogP contribution in [0.4, 0.5) is 0 Å². The largest absolute Gasteiger partial charge is 0.462 e. The molecule has 204 valence electrons. The van der Waals surface area contributed by atoms with Gasteiger partial charge in [-0.25, -0.2) is 9.88 Å². The summed E-state index contributed by atoms with van der Waals surface area (Å²) < 4.78 is 24.0. The van der Waals surface area contributed by atoms with Crippen LogP contribution < -0.4 is 20.9 Å². The molecule has 37 heavy (non-hydrogen) atoms. The van der Waals surface area contributed by atoms with Crippen LogP contribution in [0.15, 0.2) is 52.2 Å². The first-order chi connectivity index (χ1) is 17.4. The molecule has 1 fully saturated rings. The van der Waals surface area contributed by atoms with Crippen molar-refractivity contribution in [2.75, 3.05) is 6.61 Å². The van der Waals surface area contributed by atoms with E-state index in [1.54, 1.807) is 51.1 Å². The summed E-state index contributed by atoms with van der Waals surface area (Å²) in [5.74, 6) is -0.132. The van der Waals surface area contributed by atoms with Gasteiger partial charge in [-0.3, -0.25) is 19.1 Å². The highest BCUT2D eigenvalue weighted by molar-refractivity contribution is 8.09. The maximum atomic E-state index is 12.6. The minimum absolute atomic E-state index is 0.333. The van der Waals surface area contributed by atoms with Crippen LogP contribution in [-0.2, 0) is 30.6 Å². The molecule has 1 unspecified atom stereocenters. The van der Waals surface area contributed by atoms with E-state index >= 15 is 0 Å². The number of hydrogen-bond donors (Lipinski definition) is 4. The summed E-state index contributed by atoms with van der Waals surface area (Å²) >= 11 is 5.70. The zero-order valence-electron chi connectivity index (χ0n) is 20.9. The van der Waals surface area contributed by atoms with E-state index in [1.165, 1.54) is 6.92 Å². The lowest BCUT2D eigenvalue weighted by molar-refractivity contribution is -0.149. The van der Waals surface area contributed by atoms with E-state index < -0.39 is 53.9 Å². The summed E-state index contributed by atoms with van der Waals surface area (Å²) in [5.41, 5.74) is -3.36. The fraction of sp³-hybridized carbons (Fsp3) is 0.522. The number of aromatic amines is 1. The maximum absolute atomic E-state index is 12.6. The molecule has 0 amide bonds. The highest BCUT2D eigenvalue weighted by Crippen LogP contribution is 2.47. The molecule has 1 aliphatic heterocycles. The molecule has 3 rings (SSSR count). The van der Waals surface area contributed by atoms with Crippen LogP contribution in [0.3, 0.4) is 0 Å². The van der Waals surface area contributed by atoms with Crippen molar-refractivity contribution in [3.05, 3.63) is 63.4 Å². The van der Waals surface area contributed by atoms with E-state index in [1.807, 2.05) is 0 Å². The number of carbonyl (C=O) groups is 1.